The SMILES string of the molecule is CCC(C)(C)CC(C)(C)NC(=O)CC(C)(C)CC(C)(C)C(C)=O. The Morgan fingerprint density at radius 2 is 1.30 bits per heavy atom. The molecule has 0 aromatic rings. The van der Waals surface area contributed by atoms with E-state index < -0.39 is 0 Å². The molecule has 1 N–H and O–H groups in total. The van der Waals surface area contributed by atoms with Crippen molar-refractivity contribution in [2.45, 2.75) is 100 Å². The van der Waals surface area contributed by atoms with Gasteiger partial charge in [-0.05, 0) is 44.4 Å². The maximum atomic E-state index is 12.5. The highest BCUT2D eigenvalue weighted by molar-refractivity contribution is 5.82. The molecule has 0 atom stereocenters. The average Bonchev–Trinajstić information content (AvgIpc) is 2.23. The molecular weight excluding hydrogens is 286 g/mol. The number of carbonyl (C=O) groups is 2. The van der Waals surface area contributed by atoms with Crippen molar-refractivity contribution in [2.24, 2.45) is 16.2 Å². The monoisotopic (exact) mass is 325 g/mol. The summed E-state index contributed by atoms with van der Waals surface area (Å²) in [7, 11) is 0. The Balaban J connectivity index is 4.78. The summed E-state index contributed by atoms with van der Waals surface area (Å²) in [4.78, 5) is 24.3. The smallest absolute Gasteiger partial charge is 0.220 e. The van der Waals surface area contributed by atoms with Crippen LogP contribution in [0.4, 0.5) is 0 Å². The normalized spacial score (nSPS) is 13.8. The van der Waals surface area contributed by atoms with Gasteiger partial charge in [-0.2, -0.15) is 0 Å². The second kappa shape index (κ2) is 7.36. The van der Waals surface area contributed by atoms with Crippen LogP contribution in [-0.4, -0.2) is 17.2 Å². The van der Waals surface area contributed by atoms with Crippen molar-refractivity contribution < 1.29 is 9.59 Å². The molecule has 136 valence electrons. The average molecular weight is 326 g/mol. The first kappa shape index (κ1) is 22.1. The van der Waals surface area contributed by atoms with E-state index in [1.54, 1.807) is 6.92 Å². The van der Waals surface area contributed by atoms with Gasteiger partial charge >= 0.3 is 0 Å². The van der Waals surface area contributed by atoms with Gasteiger partial charge < -0.3 is 5.32 Å². The number of Topliss-reactive ketones (excluding diaryl/α,β-unsaturated/α-hetero) is 1. The van der Waals surface area contributed by atoms with Crippen molar-refractivity contribution in [2.75, 3.05) is 0 Å². The number of hydrogen-bond donors (Lipinski definition) is 1. The largest absolute Gasteiger partial charge is 0.351 e. The maximum Gasteiger partial charge on any atom is 0.220 e. The van der Waals surface area contributed by atoms with Crippen molar-refractivity contribution in [3.63, 3.8) is 0 Å². The molecule has 0 aliphatic heterocycles. The molecule has 0 aromatic heterocycles. The summed E-state index contributed by atoms with van der Waals surface area (Å²) in [5.74, 6) is 0.252. The molecule has 0 aliphatic carbocycles. The molecule has 0 saturated heterocycles. The van der Waals surface area contributed by atoms with E-state index in [0.29, 0.717) is 12.8 Å². The van der Waals surface area contributed by atoms with E-state index in [0.717, 1.165) is 12.8 Å². The van der Waals surface area contributed by atoms with Crippen molar-refractivity contribution >= 4 is 11.7 Å². The Bertz CT molecular complexity index is 431. The number of rotatable bonds is 9. The van der Waals surface area contributed by atoms with Crippen LogP contribution in [0.1, 0.15) is 94.9 Å². The number of ketones is 1. The quantitative estimate of drug-likeness (QED) is 0.639. The van der Waals surface area contributed by atoms with Gasteiger partial charge in [0, 0.05) is 17.4 Å². The van der Waals surface area contributed by atoms with Gasteiger partial charge in [0.1, 0.15) is 5.78 Å². The first-order valence-electron chi connectivity index (χ1n) is 8.84. The second-order valence-electron chi connectivity index (χ2n) is 10.1. The van der Waals surface area contributed by atoms with Gasteiger partial charge in [0.2, 0.25) is 5.91 Å². The third kappa shape index (κ3) is 8.53. The van der Waals surface area contributed by atoms with Crippen LogP contribution in [0.5, 0.6) is 0 Å². The highest BCUT2D eigenvalue weighted by atomic mass is 16.1. The van der Waals surface area contributed by atoms with E-state index in [1.165, 1.54) is 0 Å². The first-order chi connectivity index (χ1) is 10.0. The van der Waals surface area contributed by atoms with Gasteiger partial charge in [0.15, 0.2) is 0 Å². The Labute approximate surface area is 144 Å². The zero-order valence-corrected chi connectivity index (χ0v) is 17.1. The number of hydrogen-bond acceptors (Lipinski definition) is 2. The predicted octanol–water partition coefficient (Wildman–Crippen LogP) is 5.13. The van der Waals surface area contributed by atoms with Crippen molar-refractivity contribution in [3.05, 3.63) is 0 Å². The van der Waals surface area contributed by atoms with Gasteiger partial charge in [-0.25, -0.2) is 0 Å². The fourth-order valence-electron chi connectivity index (χ4n) is 3.61. The van der Waals surface area contributed by atoms with Crippen LogP contribution in [0.3, 0.4) is 0 Å². The van der Waals surface area contributed by atoms with E-state index in [4.69, 9.17) is 0 Å². The molecule has 0 fully saturated rings. The van der Waals surface area contributed by atoms with E-state index >= 15 is 0 Å². The van der Waals surface area contributed by atoms with Crippen LogP contribution >= 0.6 is 0 Å². The van der Waals surface area contributed by atoms with Crippen LogP contribution in [-0.2, 0) is 9.59 Å². The standard InChI is InChI=1S/C20H39NO2/c1-11-17(3,4)14-20(9,10)21-16(23)12-18(5,6)13-19(7,8)15(2)22/h11-14H2,1-10H3,(H,21,23). The Hall–Kier alpha value is -0.860. The zero-order valence-electron chi connectivity index (χ0n) is 17.1. The number of nitrogens with one attached hydrogen (secondary N) is 1. The van der Waals surface area contributed by atoms with Gasteiger partial charge in [-0.15, -0.1) is 0 Å². The molecule has 1 amide bonds. The molecule has 0 unspecified atom stereocenters. The molecule has 0 rings (SSSR count). The van der Waals surface area contributed by atoms with E-state index in [9.17, 15) is 9.59 Å². The topological polar surface area (TPSA) is 46.2 Å². The minimum Gasteiger partial charge on any atom is -0.351 e. The lowest BCUT2D eigenvalue weighted by molar-refractivity contribution is -0.129. The lowest BCUT2D eigenvalue weighted by atomic mass is 9.71. The summed E-state index contributed by atoms with van der Waals surface area (Å²) in [6, 6.07) is 0. The summed E-state index contributed by atoms with van der Waals surface area (Å²) >= 11 is 0. The van der Waals surface area contributed by atoms with Crippen LogP contribution in [0.2, 0.25) is 0 Å². The van der Waals surface area contributed by atoms with Crippen molar-refractivity contribution in [1.82, 2.24) is 5.32 Å². The molecule has 0 spiro atoms. The molecule has 3 heteroatoms. The first-order valence-corrected chi connectivity index (χ1v) is 8.84. The molecule has 23 heavy (non-hydrogen) atoms. The molecular formula is C20H39NO2. The summed E-state index contributed by atoms with van der Waals surface area (Å²) in [6.07, 6.45) is 3.19. The highest BCUT2D eigenvalue weighted by Gasteiger charge is 2.35. The Kier molecular flexibility index (Phi) is 7.08. The summed E-state index contributed by atoms with van der Waals surface area (Å²) in [5, 5.41) is 3.19. The number of amides is 1. The van der Waals surface area contributed by atoms with Gasteiger partial charge in [-0.1, -0.05) is 54.9 Å². The fraction of sp³-hybridized carbons (Fsp3) is 0.900. The third-order valence-electron chi connectivity index (χ3n) is 4.87. The zero-order chi connectivity index (χ0) is 18.7. The van der Waals surface area contributed by atoms with Gasteiger partial charge in [0.25, 0.3) is 0 Å². The highest BCUT2D eigenvalue weighted by Crippen LogP contribution is 2.37. The van der Waals surface area contributed by atoms with E-state index in [2.05, 4.69) is 53.8 Å². The number of carbonyl (C=O) groups excluding carboxylic acids is 2. The summed E-state index contributed by atoms with van der Waals surface area (Å²) in [6.45, 7) is 20.5. The van der Waals surface area contributed by atoms with Crippen LogP contribution in [0.15, 0.2) is 0 Å². The molecule has 0 aliphatic rings. The maximum absolute atomic E-state index is 12.5. The minimum absolute atomic E-state index is 0.0752. The third-order valence-corrected chi connectivity index (χ3v) is 4.87. The fourth-order valence-corrected chi connectivity index (χ4v) is 3.61. The summed E-state index contributed by atoms with van der Waals surface area (Å²) < 4.78 is 0. The van der Waals surface area contributed by atoms with Gasteiger partial charge in [0.05, 0.1) is 0 Å². The van der Waals surface area contributed by atoms with Crippen molar-refractivity contribution in [3.8, 4) is 0 Å². The molecule has 0 aromatic carbocycles. The molecule has 0 saturated carbocycles. The second-order valence-corrected chi connectivity index (χ2v) is 10.1. The van der Waals surface area contributed by atoms with E-state index in [-0.39, 0.29) is 33.5 Å². The van der Waals surface area contributed by atoms with E-state index in [1.807, 2.05) is 13.8 Å². The Morgan fingerprint density at radius 3 is 1.70 bits per heavy atom. The van der Waals surface area contributed by atoms with Crippen LogP contribution in [0.25, 0.3) is 0 Å². The summed E-state index contributed by atoms with van der Waals surface area (Å²) in [5.41, 5.74) is -0.592. The van der Waals surface area contributed by atoms with Crippen molar-refractivity contribution in [1.29, 1.82) is 0 Å². The molecule has 0 radical (unpaired) electrons. The lowest BCUT2D eigenvalue weighted by Gasteiger charge is -2.37. The van der Waals surface area contributed by atoms with Crippen LogP contribution in [0, 0.1) is 16.2 Å². The molecule has 0 heterocycles. The lowest BCUT2D eigenvalue weighted by Crippen LogP contribution is -2.47. The minimum atomic E-state index is -0.385. The Morgan fingerprint density at radius 1 is 0.826 bits per heavy atom. The predicted molar refractivity (Wildman–Crippen MR) is 98.4 cm³/mol. The van der Waals surface area contributed by atoms with Gasteiger partial charge in [-0.3, -0.25) is 9.59 Å². The molecule has 0 bridgehead atoms. The van der Waals surface area contributed by atoms with Crippen LogP contribution < -0.4 is 5.32 Å². The molecule has 3 nitrogen and oxygen atoms in total.